The average Bonchev–Trinajstić information content (AvgIpc) is 2.37. The van der Waals surface area contributed by atoms with Gasteiger partial charge in [-0.3, -0.25) is 4.90 Å². The summed E-state index contributed by atoms with van der Waals surface area (Å²) in [7, 11) is 0. The van der Waals surface area contributed by atoms with Crippen LogP contribution in [-0.4, -0.2) is 42.1 Å². The molecule has 1 saturated heterocycles. The standard InChI is InChI=1S/C13H17ClF3N3/c1-9(2)19-3-5-20(6-4-19)12-8-10(13(15,16)17)7-11(14)18-12/h7-9H,3-6H2,1-2H3. The van der Waals surface area contributed by atoms with Crippen molar-refractivity contribution in [3.05, 3.63) is 22.8 Å². The number of piperazine rings is 1. The van der Waals surface area contributed by atoms with Crippen LogP contribution >= 0.6 is 11.6 Å². The Kier molecular flexibility index (Phi) is 4.44. The van der Waals surface area contributed by atoms with Crippen molar-refractivity contribution in [2.24, 2.45) is 0 Å². The Morgan fingerprint density at radius 1 is 1.15 bits per heavy atom. The molecule has 1 aliphatic rings. The van der Waals surface area contributed by atoms with E-state index < -0.39 is 11.7 Å². The van der Waals surface area contributed by atoms with E-state index in [0.29, 0.717) is 24.9 Å². The number of halogens is 4. The SMILES string of the molecule is CC(C)N1CCN(c2cc(C(F)(F)F)cc(Cl)n2)CC1. The summed E-state index contributed by atoms with van der Waals surface area (Å²) in [6, 6.07) is 2.36. The number of hydrogen-bond donors (Lipinski definition) is 0. The van der Waals surface area contributed by atoms with Crippen LogP contribution in [0.4, 0.5) is 19.0 Å². The van der Waals surface area contributed by atoms with Gasteiger partial charge in [-0.15, -0.1) is 0 Å². The summed E-state index contributed by atoms with van der Waals surface area (Å²) >= 11 is 5.71. The van der Waals surface area contributed by atoms with Crippen LogP contribution in [0.15, 0.2) is 12.1 Å². The highest BCUT2D eigenvalue weighted by Crippen LogP contribution is 2.33. The van der Waals surface area contributed by atoms with Gasteiger partial charge in [0.05, 0.1) is 5.56 Å². The first-order valence-corrected chi connectivity index (χ1v) is 6.89. The maximum atomic E-state index is 12.8. The zero-order valence-electron chi connectivity index (χ0n) is 11.4. The second-order valence-corrected chi connectivity index (χ2v) is 5.54. The van der Waals surface area contributed by atoms with E-state index in [4.69, 9.17) is 11.6 Å². The minimum Gasteiger partial charge on any atom is -0.354 e. The molecule has 0 spiro atoms. The van der Waals surface area contributed by atoms with Gasteiger partial charge in [0, 0.05) is 32.2 Å². The normalized spacial score (nSPS) is 17.9. The summed E-state index contributed by atoms with van der Waals surface area (Å²) in [5.74, 6) is 0.299. The Balaban J connectivity index is 2.16. The molecule has 20 heavy (non-hydrogen) atoms. The molecule has 0 N–H and O–H groups in total. The molecule has 2 heterocycles. The van der Waals surface area contributed by atoms with Crippen LogP contribution in [0.2, 0.25) is 5.15 Å². The first kappa shape index (κ1) is 15.4. The fourth-order valence-electron chi connectivity index (χ4n) is 2.28. The highest BCUT2D eigenvalue weighted by atomic mass is 35.5. The topological polar surface area (TPSA) is 19.4 Å². The minimum atomic E-state index is -4.40. The number of anilines is 1. The molecule has 2 rings (SSSR count). The lowest BCUT2D eigenvalue weighted by Crippen LogP contribution is -2.49. The maximum Gasteiger partial charge on any atom is 0.416 e. The van der Waals surface area contributed by atoms with E-state index in [0.717, 1.165) is 25.2 Å². The third-order valence-electron chi connectivity index (χ3n) is 3.48. The fourth-order valence-corrected chi connectivity index (χ4v) is 2.48. The monoisotopic (exact) mass is 307 g/mol. The lowest BCUT2D eigenvalue weighted by Gasteiger charge is -2.37. The number of rotatable bonds is 2. The van der Waals surface area contributed by atoms with E-state index in [9.17, 15) is 13.2 Å². The average molecular weight is 308 g/mol. The van der Waals surface area contributed by atoms with Gasteiger partial charge in [0.25, 0.3) is 0 Å². The maximum absolute atomic E-state index is 12.8. The molecule has 7 heteroatoms. The molecular formula is C13H17ClF3N3. The van der Waals surface area contributed by atoms with Crippen molar-refractivity contribution < 1.29 is 13.2 Å². The first-order valence-electron chi connectivity index (χ1n) is 6.51. The summed E-state index contributed by atoms with van der Waals surface area (Å²) in [5, 5.41) is -0.124. The quantitative estimate of drug-likeness (QED) is 0.782. The molecule has 3 nitrogen and oxygen atoms in total. The van der Waals surface area contributed by atoms with Gasteiger partial charge in [0.1, 0.15) is 11.0 Å². The van der Waals surface area contributed by atoms with Crippen molar-refractivity contribution in [1.82, 2.24) is 9.88 Å². The number of aromatic nitrogens is 1. The van der Waals surface area contributed by atoms with Crippen molar-refractivity contribution in [2.75, 3.05) is 31.1 Å². The van der Waals surface area contributed by atoms with Gasteiger partial charge in [0.2, 0.25) is 0 Å². The van der Waals surface area contributed by atoms with Crippen LogP contribution in [0.1, 0.15) is 19.4 Å². The van der Waals surface area contributed by atoms with E-state index in [1.54, 1.807) is 0 Å². The molecule has 1 fully saturated rings. The van der Waals surface area contributed by atoms with Crippen molar-refractivity contribution in [1.29, 1.82) is 0 Å². The lowest BCUT2D eigenvalue weighted by molar-refractivity contribution is -0.137. The van der Waals surface area contributed by atoms with Crippen molar-refractivity contribution >= 4 is 17.4 Å². The van der Waals surface area contributed by atoms with Gasteiger partial charge < -0.3 is 4.90 Å². The second-order valence-electron chi connectivity index (χ2n) is 5.15. The van der Waals surface area contributed by atoms with E-state index in [-0.39, 0.29) is 5.15 Å². The minimum absolute atomic E-state index is 0.124. The zero-order chi connectivity index (χ0) is 14.9. The van der Waals surface area contributed by atoms with Crippen LogP contribution in [0.25, 0.3) is 0 Å². The third kappa shape index (κ3) is 3.55. The Bertz CT molecular complexity index is 468. The van der Waals surface area contributed by atoms with Gasteiger partial charge in [0.15, 0.2) is 0 Å². The molecule has 1 aromatic rings. The molecule has 1 aliphatic heterocycles. The molecule has 0 amide bonds. The molecule has 0 radical (unpaired) electrons. The Labute approximate surface area is 121 Å². The molecule has 0 unspecified atom stereocenters. The van der Waals surface area contributed by atoms with Crippen molar-refractivity contribution in [2.45, 2.75) is 26.1 Å². The highest BCUT2D eigenvalue weighted by molar-refractivity contribution is 6.29. The predicted octanol–water partition coefficient (Wildman–Crippen LogP) is 3.28. The van der Waals surface area contributed by atoms with Crippen LogP contribution in [-0.2, 0) is 6.18 Å². The third-order valence-corrected chi connectivity index (χ3v) is 3.67. The summed E-state index contributed by atoms with van der Waals surface area (Å²) in [5.41, 5.74) is -0.751. The van der Waals surface area contributed by atoms with E-state index in [1.165, 1.54) is 0 Å². The molecule has 0 aliphatic carbocycles. The molecular weight excluding hydrogens is 291 g/mol. The van der Waals surface area contributed by atoms with Crippen LogP contribution in [0.3, 0.4) is 0 Å². The summed E-state index contributed by atoms with van der Waals surface area (Å²) < 4.78 is 38.3. The summed E-state index contributed by atoms with van der Waals surface area (Å²) in [4.78, 5) is 8.14. The van der Waals surface area contributed by atoms with Crippen LogP contribution in [0, 0.1) is 0 Å². The summed E-state index contributed by atoms with van der Waals surface area (Å²) in [6.07, 6.45) is -4.40. The second kappa shape index (κ2) is 5.77. The van der Waals surface area contributed by atoms with Gasteiger partial charge in [-0.2, -0.15) is 13.2 Å². The summed E-state index contributed by atoms with van der Waals surface area (Å²) in [6.45, 7) is 7.15. The van der Waals surface area contributed by atoms with E-state index in [2.05, 4.69) is 23.7 Å². The fraction of sp³-hybridized carbons (Fsp3) is 0.615. The largest absolute Gasteiger partial charge is 0.416 e. The molecule has 0 atom stereocenters. The van der Waals surface area contributed by atoms with Gasteiger partial charge in [-0.25, -0.2) is 4.98 Å². The number of hydrogen-bond acceptors (Lipinski definition) is 3. The predicted molar refractivity (Wildman–Crippen MR) is 73.2 cm³/mol. The Morgan fingerprint density at radius 2 is 1.75 bits per heavy atom. The van der Waals surface area contributed by atoms with Gasteiger partial charge >= 0.3 is 6.18 Å². The van der Waals surface area contributed by atoms with Crippen LogP contribution < -0.4 is 4.90 Å². The first-order chi connectivity index (χ1) is 9.27. The molecule has 0 bridgehead atoms. The number of alkyl halides is 3. The Morgan fingerprint density at radius 3 is 2.25 bits per heavy atom. The molecule has 0 aromatic carbocycles. The number of nitrogens with zero attached hydrogens (tertiary/aromatic N) is 3. The number of pyridine rings is 1. The smallest absolute Gasteiger partial charge is 0.354 e. The lowest BCUT2D eigenvalue weighted by atomic mass is 10.2. The molecule has 112 valence electrons. The van der Waals surface area contributed by atoms with Crippen molar-refractivity contribution in [3.8, 4) is 0 Å². The van der Waals surface area contributed by atoms with Crippen molar-refractivity contribution in [3.63, 3.8) is 0 Å². The van der Waals surface area contributed by atoms with Crippen LogP contribution in [0.5, 0.6) is 0 Å². The zero-order valence-corrected chi connectivity index (χ0v) is 12.2. The Hall–Kier alpha value is -1.01. The molecule has 1 aromatic heterocycles. The van der Waals surface area contributed by atoms with E-state index in [1.807, 2.05) is 4.90 Å². The van der Waals surface area contributed by atoms with Gasteiger partial charge in [-0.1, -0.05) is 11.6 Å². The molecule has 0 saturated carbocycles. The highest BCUT2D eigenvalue weighted by Gasteiger charge is 2.32. The van der Waals surface area contributed by atoms with E-state index >= 15 is 0 Å². The van der Waals surface area contributed by atoms with Gasteiger partial charge in [-0.05, 0) is 26.0 Å².